The summed E-state index contributed by atoms with van der Waals surface area (Å²) in [6, 6.07) is -0.284. The van der Waals surface area contributed by atoms with Crippen LogP contribution in [0.3, 0.4) is 0 Å². The standard InChI is InChI=1S/C7H17N3O/c1-6(11)7(8)4-2-3-5-10-9/h7,10-11H,1-5,8-9H2/t7-/m0/s1. The zero-order chi connectivity index (χ0) is 8.69. The molecule has 0 aliphatic rings. The van der Waals surface area contributed by atoms with Crippen molar-refractivity contribution in [3.8, 4) is 0 Å². The van der Waals surface area contributed by atoms with E-state index in [1.807, 2.05) is 0 Å². The van der Waals surface area contributed by atoms with Crippen LogP contribution in [-0.4, -0.2) is 17.7 Å². The molecule has 66 valence electrons. The van der Waals surface area contributed by atoms with Crippen LogP contribution in [0.4, 0.5) is 0 Å². The van der Waals surface area contributed by atoms with E-state index in [9.17, 15) is 0 Å². The number of nitrogens with two attached hydrogens (primary N) is 2. The highest BCUT2D eigenvalue weighted by molar-refractivity contribution is 4.91. The lowest BCUT2D eigenvalue weighted by Crippen LogP contribution is -2.25. The smallest absolute Gasteiger partial charge is 0.102 e. The Bertz CT molecular complexity index is 116. The first kappa shape index (κ1) is 10.4. The average Bonchev–Trinajstić information content (AvgIpc) is 1.97. The van der Waals surface area contributed by atoms with Crippen molar-refractivity contribution >= 4 is 0 Å². The maximum Gasteiger partial charge on any atom is 0.102 e. The molecule has 0 saturated heterocycles. The Morgan fingerprint density at radius 2 is 2.18 bits per heavy atom. The molecule has 0 aromatic rings. The highest BCUT2D eigenvalue weighted by Crippen LogP contribution is 2.02. The molecule has 0 rings (SSSR count). The zero-order valence-corrected chi connectivity index (χ0v) is 6.71. The summed E-state index contributed by atoms with van der Waals surface area (Å²) >= 11 is 0. The molecular weight excluding hydrogens is 142 g/mol. The van der Waals surface area contributed by atoms with Crippen molar-refractivity contribution in [3.63, 3.8) is 0 Å². The number of unbranched alkanes of at least 4 members (excludes halogenated alkanes) is 1. The van der Waals surface area contributed by atoms with Gasteiger partial charge in [-0.2, -0.15) is 0 Å². The van der Waals surface area contributed by atoms with Gasteiger partial charge < -0.3 is 10.8 Å². The Balaban J connectivity index is 3.17. The molecule has 0 bridgehead atoms. The summed E-state index contributed by atoms with van der Waals surface area (Å²) < 4.78 is 0. The Morgan fingerprint density at radius 3 is 2.64 bits per heavy atom. The Kier molecular flexibility index (Phi) is 5.83. The minimum Gasteiger partial charge on any atom is -0.511 e. The summed E-state index contributed by atoms with van der Waals surface area (Å²) in [5.41, 5.74) is 8.04. The summed E-state index contributed by atoms with van der Waals surface area (Å²) in [5, 5.41) is 8.82. The molecule has 0 aliphatic heterocycles. The van der Waals surface area contributed by atoms with E-state index in [0.717, 1.165) is 25.8 Å². The summed E-state index contributed by atoms with van der Waals surface area (Å²) in [5.74, 6) is 5.12. The van der Waals surface area contributed by atoms with Crippen molar-refractivity contribution in [2.24, 2.45) is 11.6 Å². The lowest BCUT2D eigenvalue weighted by Gasteiger charge is -2.08. The number of nitrogens with one attached hydrogen (secondary N) is 1. The molecule has 1 atom stereocenters. The largest absolute Gasteiger partial charge is 0.511 e. The lowest BCUT2D eigenvalue weighted by molar-refractivity contribution is 0.358. The van der Waals surface area contributed by atoms with Gasteiger partial charge in [-0.05, 0) is 12.8 Å². The second kappa shape index (κ2) is 6.15. The van der Waals surface area contributed by atoms with Gasteiger partial charge in [-0.1, -0.05) is 13.0 Å². The molecule has 0 heterocycles. The van der Waals surface area contributed by atoms with Crippen LogP contribution in [-0.2, 0) is 0 Å². The van der Waals surface area contributed by atoms with Crippen molar-refractivity contribution < 1.29 is 5.11 Å². The number of hydrazine groups is 1. The van der Waals surface area contributed by atoms with Crippen LogP contribution in [0.5, 0.6) is 0 Å². The first-order chi connectivity index (χ1) is 5.18. The quantitative estimate of drug-likeness (QED) is 0.190. The molecule has 0 unspecified atom stereocenters. The fraction of sp³-hybridized carbons (Fsp3) is 0.714. The SMILES string of the molecule is C=C(O)[C@@H](N)CCCCNN. The van der Waals surface area contributed by atoms with Gasteiger partial charge in [0, 0.05) is 6.54 Å². The van der Waals surface area contributed by atoms with Crippen LogP contribution in [0.1, 0.15) is 19.3 Å². The number of rotatable bonds is 6. The number of aliphatic hydroxyl groups excluding tert-OH is 1. The molecule has 4 nitrogen and oxygen atoms in total. The van der Waals surface area contributed by atoms with Crippen LogP contribution < -0.4 is 17.0 Å². The Hall–Kier alpha value is -0.580. The van der Waals surface area contributed by atoms with E-state index in [2.05, 4.69) is 12.0 Å². The summed E-state index contributed by atoms with van der Waals surface area (Å²) in [4.78, 5) is 0. The van der Waals surface area contributed by atoms with E-state index in [4.69, 9.17) is 16.7 Å². The third kappa shape index (κ3) is 5.84. The van der Waals surface area contributed by atoms with Crippen LogP contribution in [0.15, 0.2) is 12.3 Å². The molecule has 0 radical (unpaired) electrons. The van der Waals surface area contributed by atoms with Crippen molar-refractivity contribution in [2.45, 2.75) is 25.3 Å². The first-order valence-electron chi connectivity index (χ1n) is 3.75. The maximum absolute atomic E-state index is 8.82. The van der Waals surface area contributed by atoms with Crippen LogP contribution in [0.2, 0.25) is 0 Å². The van der Waals surface area contributed by atoms with Crippen molar-refractivity contribution in [2.75, 3.05) is 6.54 Å². The molecule has 0 amide bonds. The molecule has 11 heavy (non-hydrogen) atoms. The van der Waals surface area contributed by atoms with Crippen molar-refractivity contribution in [1.82, 2.24) is 5.43 Å². The van der Waals surface area contributed by atoms with E-state index in [1.54, 1.807) is 0 Å². The minimum absolute atomic E-state index is 0.0608. The molecule has 0 saturated carbocycles. The summed E-state index contributed by atoms with van der Waals surface area (Å²) in [6.45, 7) is 4.13. The van der Waals surface area contributed by atoms with Gasteiger partial charge in [0.2, 0.25) is 0 Å². The molecule has 4 heteroatoms. The Morgan fingerprint density at radius 1 is 1.55 bits per heavy atom. The average molecular weight is 159 g/mol. The third-order valence-corrected chi connectivity index (χ3v) is 1.51. The maximum atomic E-state index is 8.82. The third-order valence-electron chi connectivity index (χ3n) is 1.51. The van der Waals surface area contributed by atoms with E-state index < -0.39 is 0 Å². The van der Waals surface area contributed by atoms with Gasteiger partial charge in [0.05, 0.1) is 6.04 Å². The lowest BCUT2D eigenvalue weighted by atomic mass is 10.1. The Labute approximate surface area is 67.2 Å². The molecule has 6 N–H and O–H groups in total. The van der Waals surface area contributed by atoms with Gasteiger partial charge in [-0.25, -0.2) is 0 Å². The normalized spacial score (nSPS) is 12.9. The van der Waals surface area contributed by atoms with Gasteiger partial charge in [-0.15, -0.1) is 0 Å². The number of aliphatic hydroxyl groups is 1. The van der Waals surface area contributed by atoms with Gasteiger partial charge in [0.1, 0.15) is 5.76 Å². The van der Waals surface area contributed by atoms with E-state index in [-0.39, 0.29) is 11.8 Å². The van der Waals surface area contributed by atoms with Gasteiger partial charge in [-0.3, -0.25) is 11.3 Å². The molecule has 0 aliphatic carbocycles. The van der Waals surface area contributed by atoms with Gasteiger partial charge >= 0.3 is 0 Å². The van der Waals surface area contributed by atoms with Crippen molar-refractivity contribution in [3.05, 3.63) is 12.3 Å². The number of hydrogen-bond acceptors (Lipinski definition) is 4. The van der Waals surface area contributed by atoms with E-state index >= 15 is 0 Å². The van der Waals surface area contributed by atoms with Crippen LogP contribution >= 0.6 is 0 Å². The van der Waals surface area contributed by atoms with Crippen LogP contribution in [0, 0.1) is 0 Å². The highest BCUT2D eigenvalue weighted by Gasteiger charge is 2.03. The van der Waals surface area contributed by atoms with E-state index in [1.165, 1.54) is 0 Å². The number of hydrogen-bond donors (Lipinski definition) is 4. The van der Waals surface area contributed by atoms with Gasteiger partial charge in [0.15, 0.2) is 0 Å². The fourth-order valence-electron chi connectivity index (χ4n) is 0.758. The predicted octanol–water partition coefficient (Wildman–Crippen LogP) is 0.0190. The molecule has 0 aromatic carbocycles. The topological polar surface area (TPSA) is 84.3 Å². The monoisotopic (exact) mass is 159 g/mol. The van der Waals surface area contributed by atoms with E-state index in [0.29, 0.717) is 0 Å². The fourth-order valence-corrected chi connectivity index (χ4v) is 0.758. The van der Waals surface area contributed by atoms with Crippen LogP contribution in [0.25, 0.3) is 0 Å². The van der Waals surface area contributed by atoms with Crippen molar-refractivity contribution in [1.29, 1.82) is 0 Å². The second-order valence-electron chi connectivity index (χ2n) is 2.55. The second-order valence-corrected chi connectivity index (χ2v) is 2.55. The molecule has 0 aromatic heterocycles. The summed E-state index contributed by atoms with van der Waals surface area (Å²) in [7, 11) is 0. The zero-order valence-electron chi connectivity index (χ0n) is 6.71. The van der Waals surface area contributed by atoms with Gasteiger partial charge in [0.25, 0.3) is 0 Å². The summed E-state index contributed by atoms with van der Waals surface area (Å²) in [6.07, 6.45) is 2.68. The molecular formula is C7H17N3O. The minimum atomic E-state index is -0.284. The highest BCUT2D eigenvalue weighted by atomic mass is 16.3. The molecule has 0 fully saturated rings. The predicted molar refractivity (Wildman–Crippen MR) is 45.8 cm³/mol. The first-order valence-corrected chi connectivity index (χ1v) is 3.75. The molecule has 0 spiro atoms.